The Hall–Kier alpha value is -4.10. The van der Waals surface area contributed by atoms with Crippen LogP contribution in [-0.4, -0.2) is 49.1 Å². The van der Waals surface area contributed by atoms with Crippen LogP contribution in [-0.2, 0) is 9.53 Å². The van der Waals surface area contributed by atoms with Gasteiger partial charge in [0.2, 0.25) is 5.91 Å². The van der Waals surface area contributed by atoms with Crippen LogP contribution < -0.4 is 10.1 Å². The van der Waals surface area contributed by atoms with Crippen molar-refractivity contribution in [2.45, 2.75) is 12.0 Å². The number of anilines is 1. The van der Waals surface area contributed by atoms with Crippen LogP contribution in [0.25, 0.3) is 10.9 Å². The first-order valence-electron chi connectivity index (χ1n) is 11.5. The fourth-order valence-electron chi connectivity index (χ4n) is 4.92. The normalized spacial score (nSPS) is 17.3. The number of hydrogen-bond donors (Lipinski definition) is 2. The largest absolute Gasteiger partial charge is 0.497 e. The van der Waals surface area contributed by atoms with Crippen LogP contribution in [0, 0.1) is 0 Å². The Balaban J connectivity index is 1.65. The average molecular weight is 470 g/mol. The second-order valence-electron chi connectivity index (χ2n) is 8.51. The van der Waals surface area contributed by atoms with Gasteiger partial charge in [-0.15, -0.1) is 0 Å². The smallest absolute Gasteiger partial charge is 0.254 e. The zero-order chi connectivity index (χ0) is 24.4. The van der Waals surface area contributed by atoms with Gasteiger partial charge < -0.3 is 24.7 Å². The quantitative estimate of drug-likeness (QED) is 0.409. The second kappa shape index (κ2) is 9.64. The highest BCUT2D eigenvalue weighted by Gasteiger charge is 2.44. The molecule has 2 N–H and O–H groups in total. The third-order valence-corrected chi connectivity index (χ3v) is 6.53. The number of aromatic nitrogens is 1. The van der Waals surface area contributed by atoms with Crippen molar-refractivity contribution in [2.75, 3.05) is 32.7 Å². The molecule has 1 aliphatic heterocycles. The summed E-state index contributed by atoms with van der Waals surface area (Å²) in [5.41, 5.74) is 3.72. The minimum atomic E-state index is -0.633. The number of aromatic amines is 1. The van der Waals surface area contributed by atoms with Gasteiger partial charge in [0.05, 0.1) is 25.7 Å². The van der Waals surface area contributed by atoms with Crippen molar-refractivity contribution in [3.05, 3.63) is 95.7 Å². The van der Waals surface area contributed by atoms with E-state index in [9.17, 15) is 9.59 Å². The highest BCUT2D eigenvalue weighted by Crippen LogP contribution is 2.45. The number of rotatable bonds is 7. The van der Waals surface area contributed by atoms with Crippen LogP contribution in [0.3, 0.4) is 0 Å². The number of carbonyl (C=O) groups excluding carboxylic acids is 2. The van der Waals surface area contributed by atoms with Gasteiger partial charge in [-0.05, 0) is 29.8 Å². The number of carbonyl (C=O) groups is 2. The molecule has 2 amide bonds. The van der Waals surface area contributed by atoms with Crippen molar-refractivity contribution in [1.29, 1.82) is 0 Å². The van der Waals surface area contributed by atoms with E-state index >= 15 is 0 Å². The van der Waals surface area contributed by atoms with E-state index in [1.807, 2.05) is 66.9 Å². The number of hydrogen-bond acceptors (Lipinski definition) is 4. The van der Waals surface area contributed by atoms with Crippen molar-refractivity contribution in [1.82, 2.24) is 9.88 Å². The summed E-state index contributed by atoms with van der Waals surface area (Å²) in [5.74, 6) is -0.294. The SMILES string of the molecule is COCCN1C(=O)c2ccccc2[C@H](C(=O)Nc2cccc(OC)c2)[C@@H]1c1c[nH]c2ccccc12. The fraction of sp³-hybridized carbons (Fsp3) is 0.214. The Labute approximate surface area is 203 Å². The summed E-state index contributed by atoms with van der Waals surface area (Å²) in [6.07, 6.45) is 1.90. The van der Waals surface area contributed by atoms with Gasteiger partial charge in [-0.1, -0.05) is 42.5 Å². The lowest BCUT2D eigenvalue weighted by Gasteiger charge is -2.41. The van der Waals surface area contributed by atoms with Crippen LogP contribution in [0.5, 0.6) is 5.75 Å². The van der Waals surface area contributed by atoms with Gasteiger partial charge in [-0.3, -0.25) is 9.59 Å². The number of methoxy groups -OCH3 is 2. The molecule has 7 heteroatoms. The first-order chi connectivity index (χ1) is 17.1. The predicted octanol–water partition coefficient (Wildman–Crippen LogP) is 4.74. The van der Waals surface area contributed by atoms with E-state index < -0.39 is 12.0 Å². The summed E-state index contributed by atoms with van der Waals surface area (Å²) < 4.78 is 10.7. The Morgan fingerprint density at radius 3 is 2.63 bits per heavy atom. The third-order valence-electron chi connectivity index (χ3n) is 6.53. The van der Waals surface area contributed by atoms with Crippen molar-refractivity contribution in [3.63, 3.8) is 0 Å². The summed E-state index contributed by atoms with van der Waals surface area (Å²) in [7, 11) is 3.20. The highest BCUT2D eigenvalue weighted by molar-refractivity contribution is 6.05. The molecule has 35 heavy (non-hydrogen) atoms. The zero-order valence-electron chi connectivity index (χ0n) is 19.7. The van der Waals surface area contributed by atoms with Gasteiger partial charge >= 0.3 is 0 Å². The number of benzene rings is 3. The maximum atomic E-state index is 14.0. The maximum absolute atomic E-state index is 14.0. The molecule has 0 radical (unpaired) electrons. The number of ether oxygens (including phenoxy) is 2. The molecule has 3 aromatic carbocycles. The lowest BCUT2D eigenvalue weighted by Crippen LogP contribution is -2.47. The van der Waals surface area contributed by atoms with E-state index in [4.69, 9.17) is 9.47 Å². The molecule has 7 nitrogen and oxygen atoms in total. The van der Waals surface area contributed by atoms with Crippen LogP contribution in [0.2, 0.25) is 0 Å². The molecule has 1 aliphatic rings. The minimum Gasteiger partial charge on any atom is -0.497 e. The molecule has 0 spiro atoms. The topological polar surface area (TPSA) is 83.7 Å². The summed E-state index contributed by atoms with van der Waals surface area (Å²) in [5, 5.41) is 4.04. The van der Waals surface area contributed by atoms with Crippen molar-refractivity contribution in [3.8, 4) is 5.75 Å². The molecule has 0 saturated carbocycles. The molecule has 4 aromatic rings. The number of amides is 2. The van der Waals surface area contributed by atoms with Gasteiger partial charge in [0.25, 0.3) is 5.91 Å². The summed E-state index contributed by atoms with van der Waals surface area (Å²) >= 11 is 0. The number of nitrogens with zero attached hydrogens (tertiary/aromatic N) is 1. The molecule has 178 valence electrons. The second-order valence-corrected chi connectivity index (χ2v) is 8.51. The molecular formula is C28H27N3O4. The Morgan fingerprint density at radius 1 is 1.00 bits per heavy atom. The lowest BCUT2D eigenvalue weighted by atomic mass is 9.79. The minimum absolute atomic E-state index is 0.113. The summed E-state index contributed by atoms with van der Waals surface area (Å²) in [6.45, 7) is 0.716. The summed E-state index contributed by atoms with van der Waals surface area (Å²) in [4.78, 5) is 32.7. The Morgan fingerprint density at radius 2 is 1.80 bits per heavy atom. The van der Waals surface area contributed by atoms with Crippen molar-refractivity contribution < 1.29 is 19.1 Å². The van der Waals surface area contributed by atoms with E-state index in [0.717, 1.165) is 16.5 Å². The van der Waals surface area contributed by atoms with Crippen LogP contribution in [0.4, 0.5) is 5.69 Å². The fourth-order valence-corrected chi connectivity index (χ4v) is 4.92. The Bertz CT molecular complexity index is 1380. The van der Waals surface area contributed by atoms with Gasteiger partial charge in [0, 0.05) is 53.6 Å². The van der Waals surface area contributed by atoms with Gasteiger partial charge in [0.1, 0.15) is 5.75 Å². The molecule has 1 aromatic heterocycles. The van der Waals surface area contributed by atoms with Crippen LogP contribution >= 0.6 is 0 Å². The molecular weight excluding hydrogens is 442 g/mol. The molecule has 0 unspecified atom stereocenters. The average Bonchev–Trinajstić information content (AvgIpc) is 3.32. The van der Waals surface area contributed by atoms with Gasteiger partial charge in [-0.25, -0.2) is 0 Å². The van der Waals surface area contributed by atoms with Gasteiger partial charge in [-0.2, -0.15) is 0 Å². The zero-order valence-corrected chi connectivity index (χ0v) is 19.7. The predicted molar refractivity (Wildman–Crippen MR) is 135 cm³/mol. The third kappa shape index (κ3) is 4.15. The molecule has 0 aliphatic carbocycles. The molecule has 0 saturated heterocycles. The molecule has 0 fully saturated rings. The van der Waals surface area contributed by atoms with E-state index in [1.165, 1.54) is 0 Å². The number of H-pyrrole nitrogens is 1. The lowest BCUT2D eigenvalue weighted by molar-refractivity contribution is -0.119. The van der Waals surface area contributed by atoms with E-state index in [2.05, 4.69) is 10.3 Å². The molecule has 2 heterocycles. The number of nitrogens with one attached hydrogen (secondary N) is 2. The number of fused-ring (bicyclic) bond motifs is 2. The molecule has 0 bridgehead atoms. The maximum Gasteiger partial charge on any atom is 0.254 e. The first kappa shape index (κ1) is 22.7. The van der Waals surface area contributed by atoms with Gasteiger partial charge in [0.15, 0.2) is 0 Å². The molecule has 2 atom stereocenters. The van der Waals surface area contributed by atoms with Crippen molar-refractivity contribution in [2.24, 2.45) is 0 Å². The van der Waals surface area contributed by atoms with Crippen molar-refractivity contribution >= 4 is 28.4 Å². The Kier molecular flexibility index (Phi) is 6.25. The van der Waals surface area contributed by atoms with Crippen LogP contribution in [0.1, 0.15) is 33.4 Å². The van der Waals surface area contributed by atoms with Crippen LogP contribution in [0.15, 0.2) is 79.0 Å². The van der Waals surface area contributed by atoms with E-state index in [1.54, 1.807) is 31.3 Å². The summed E-state index contributed by atoms with van der Waals surface area (Å²) in [6, 6.07) is 22.0. The molecule has 5 rings (SSSR count). The first-order valence-corrected chi connectivity index (χ1v) is 11.5. The van der Waals surface area contributed by atoms with E-state index in [0.29, 0.717) is 35.7 Å². The number of para-hydroxylation sites is 1. The highest BCUT2D eigenvalue weighted by atomic mass is 16.5. The van der Waals surface area contributed by atoms with E-state index in [-0.39, 0.29) is 11.8 Å². The monoisotopic (exact) mass is 469 g/mol. The standard InChI is InChI=1S/C28H27N3O4/c1-34-15-14-31-26(23-17-29-24-13-6-5-10-20(23)24)25(21-11-3-4-12-22(21)28(31)33)27(32)30-18-8-7-9-19(16-18)35-2/h3-13,16-17,25-26,29H,14-15H2,1-2H3,(H,30,32)/t25-,26-/m0/s1.